The van der Waals surface area contributed by atoms with Crippen LogP contribution in [0.25, 0.3) is 0 Å². The Morgan fingerprint density at radius 1 is 1.20 bits per heavy atom. The summed E-state index contributed by atoms with van der Waals surface area (Å²) in [6, 6.07) is 4.56. The van der Waals surface area contributed by atoms with Crippen LogP contribution in [0.3, 0.4) is 0 Å². The Balaban J connectivity index is 2.08. The maximum atomic E-state index is 6.57. The number of ether oxygens (including phenoxy) is 1. The first-order valence-electron chi connectivity index (χ1n) is 7.67. The van der Waals surface area contributed by atoms with Crippen LogP contribution in [0.15, 0.2) is 12.1 Å². The summed E-state index contributed by atoms with van der Waals surface area (Å²) in [6.45, 7) is 11.5. The molecule has 1 nitrogen and oxygen atoms in total. The summed E-state index contributed by atoms with van der Waals surface area (Å²) in [6.07, 6.45) is 3.48. The summed E-state index contributed by atoms with van der Waals surface area (Å²) in [5, 5.41) is 0. The normalized spacial score (nSPS) is 34.9. The number of rotatable bonds is 0. The molecule has 2 heteroatoms. The zero-order valence-corrected chi connectivity index (χ0v) is 14.8. The molecular weight excluding hydrogens is 312 g/mol. The summed E-state index contributed by atoms with van der Waals surface area (Å²) >= 11 is 3.91. The van der Waals surface area contributed by atoms with Gasteiger partial charge in [0.25, 0.3) is 0 Å². The van der Waals surface area contributed by atoms with Crippen LogP contribution >= 0.6 is 15.9 Å². The van der Waals surface area contributed by atoms with Crippen LogP contribution in [0.2, 0.25) is 0 Å². The number of fused-ring (bicyclic) bond motifs is 2. The minimum absolute atomic E-state index is 0.0131. The Labute approximate surface area is 131 Å². The average Bonchev–Trinajstić information content (AvgIpc) is 2.35. The maximum absolute atomic E-state index is 6.57. The molecule has 0 radical (unpaired) electrons. The van der Waals surface area contributed by atoms with E-state index in [1.54, 1.807) is 0 Å². The molecule has 3 atom stereocenters. The second-order valence-electron chi connectivity index (χ2n) is 7.57. The van der Waals surface area contributed by atoms with E-state index in [0.717, 1.165) is 18.6 Å². The lowest BCUT2D eigenvalue weighted by molar-refractivity contribution is -0.0776. The van der Waals surface area contributed by atoms with Crippen LogP contribution in [-0.4, -0.2) is 10.4 Å². The molecule has 1 aromatic rings. The standard InChI is InChI=1S/C18H25BrO/c1-11-8-12(2)16-13(9-11)10-14-17(3,4)15(19)6-7-18(14,5)20-16/h8-9,14-15H,6-7,10H2,1-5H3/t14-,15-,18-/m0/s1. The van der Waals surface area contributed by atoms with Crippen molar-refractivity contribution in [2.45, 2.75) is 64.3 Å². The zero-order valence-electron chi connectivity index (χ0n) is 13.2. The lowest BCUT2D eigenvalue weighted by Gasteiger charge is -2.55. The summed E-state index contributed by atoms with van der Waals surface area (Å²) in [5.74, 6) is 1.72. The lowest BCUT2D eigenvalue weighted by Crippen LogP contribution is -2.57. The fourth-order valence-corrected chi connectivity index (χ4v) is 4.91. The van der Waals surface area contributed by atoms with Gasteiger partial charge in [-0.2, -0.15) is 0 Å². The van der Waals surface area contributed by atoms with E-state index in [-0.39, 0.29) is 11.0 Å². The van der Waals surface area contributed by atoms with Crippen LogP contribution in [0, 0.1) is 25.2 Å². The third-order valence-electron chi connectivity index (χ3n) is 5.59. The van der Waals surface area contributed by atoms with Crippen molar-refractivity contribution in [3.8, 4) is 5.75 Å². The predicted octanol–water partition coefficient (Wildman–Crippen LogP) is 5.20. The van der Waals surface area contributed by atoms with Gasteiger partial charge < -0.3 is 4.74 Å². The molecule has 0 N–H and O–H groups in total. The number of aryl methyl sites for hydroxylation is 2. The van der Waals surface area contributed by atoms with E-state index in [0.29, 0.717) is 10.7 Å². The Morgan fingerprint density at radius 2 is 1.90 bits per heavy atom. The van der Waals surface area contributed by atoms with Crippen LogP contribution in [0.4, 0.5) is 0 Å². The van der Waals surface area contributed by atoms with Crippen molar-refractivity contribution < 1.29 is 4.74 Å². The van der Waals surface area contributed by atoms with Crippen LogP contribution in [0.5, 0.6) is 5.75 Å². The van der Waals surface area contributed by atoms with Crippen LogP contribution in [0.1, 0.15) is 50.3 Å². The fourth-order valence-electron chi connectivity index (χ4n) is 4.36. The average molecular weight is 337 g/mol. The smallest absolute Gasteiger partial charge is 0.126 e. The molecule has 2 aliphatic rings. The summed E-state index contributed by atoms with van der Waals surface area (Å²) < 4.78 is 6.57. The highest BCUT2D eigenvalue weighted by Gasteiger charge is 2.54. The van der Waals surface area contributed by atoms with Gasteiger partial charge in [0.15, 0.2) is 0 Å². The van der Waals surface area contributed by atoms with Crippen molar-refractivity contribution in [1.82, 2.24) is 0 Å². The van der Waals surface area contributed by atoms with Gasteiger partial charge in [0.2, 0.25) is 0 Å². The van der Waals surface area contributed by atoms with Gasteiger partial charge in [-0.3, -0.25) is 0 Å². The highest BCUT2D eigenvalue weighted by Crippen LogP contribution is 2.55. The molecule has 0 amide bonds. The number of halogens is 1. The number of benzene rings is 1. The Hall–Kier alpha value is -0.500. The van der Waals surface area contributed by atoms with E-state index < -0.39 is 0 Å². The van der Waals surface area contributed by atoms with Crippen LogP contribution in [-0.2, 0) is 6.42 Å². The molecule has 1 saturated carbocycles. The monoisotopic (exact) mass is 336 g/mol. The molecule has 0 saturated heterocycles. The lowest BCUT2D eigenvalue weighted by atomic mass is 9.59. The van der Waals surface area contributed by atoms with Gasteiger partial charge in [0.1, 0.15) is 11.4 Å². The van der Waals surface area contributed by atoms with E-state index in [1.807, 2.05) is 0 Å². The second kappa shape index (κ2) is 4.50. The molecule has 1 aliphatic heterocycles. The van der Waals surface area contributed by atoms with Gasteiger partial charge in [-0.15, -0.1) is 0 Å². The SMILES string of the molecule is Cc1cc(C)c2c(c1)C[C@H]1C(C)(C)[C@@H](Br)CC[C@]1(C)O2. The van der Waals surface area contributed by atoms with Crippen molar-refractivity contribution in [3.05, 3.63) is 28.8 Å². The van der Waals surface area contributed by atoms with Crippen LogP contribution < -0.4 is 4.74 Å². The largest absolute Gasteiger partial charge is 0.487 e. The third kappa shape index (κ3) is 2.03. The third-order valence-corrected chi connectivity index (χ3v) is 7.23. The zero-order chi connectivity index (χ0) is 14.7. The molecule has 1 fully saturated rings. The predicted molar refractivity (Wildman–Crippen MR) is 87.9 cm³/mol. The van der Waals surface area contributed by atoms with Gasteiger partial charge >= 0.3 is 0 Å². The Bertz CT molecular complexity index is 549. The minimum Gasteiger partial charge on any atom is -0.487 e. The topological polar surface area (TPSA) is 9.23 Å². The van der Waals surface area contributed by atoms with Crippen molar-refractivity contribution >= 4 is 15.9 Å². The molecule has 3 rings (SSSR count). The molecule has 0 spiro atoms. The number of hydrogen-bond donors (Lipinski definition) is 0. The molecule has 0 unspecified atom stereocenters. The Morgan fingerprint density at radius 3 is 2.60 bits per heavy atom. The molecule has 0 bridgehead atoms. The summed E-state index contributed by atoms with van der Waals surface area (Å²) in [5.41, 5.74) is 4.29. The molecule has 110 valence electrons. The van der Waals surface area contributed by atoms with E-state index >= 15 is 0 Å². The number of alkyl halides is 1. The molecule has 1 aliphatic carbocycles. The molecular formula is C18H25BrO. The first-order valence-corrected chi connectivity index (χ1v) is 8.59. The summed E-state index contributed by atoms with van der Waals surface area (Å²) in [4.78, 5) is 0.587. The van der Waals surface area contributed by atoms with E-state index in [2.05, 4.69) is 62.7 Å². The minimum atomic E-state index is -0.0131. The van der Waals surface area contributed by atoms with Crippen molar-refractivity contribution in [1.29, 1.82) is 0 Å². The molecule has 20 heavy (non-hydrogen) atoms. The van der Waals surface area contributed by atoms with Gasteiger partial charge in [0, 0.05) is 10.7 Å². The number of hydrogen-bond acceptors (Lipinski definition) is 1. The fraction of sp³-hybridized carbons (Fsp3) is 0.667. The summed E-state index contributed by atoms with van der Waals surface area (Å²) in [7, 11) is 0. The van der Waals surface area contributed by atoms with E-state index in [1.165, 1.54) is 23.1 Å². The molecule has 0 aromatic heterocycles. The Kier molecular flexibility index (Phi) is 3.25. The first kappa shape index (κ1) is 14.4. The second-order valence-corrected chi connectivity index (χ2v) is 8.67. The van der Waals surface area contributed by atoms with E-state index in [9.17, 15) is 0 Å². The van der Waals surface area contributed by atoms with Gasteiger partial charge in [-0.25, -0.2) is 0 Å². The van der Waals surface area contributed by atoms with Crippen molar-refractivity contribution in [2.75, 3.05) is 0 Å². The van der Waals surface area contributed by atoms with E-state index in [4.69, 9.17) is 4.74 Å². The van der Waals surface area contributed by atoms with Gasteiger partial charge in [-0.1, -0.05) is 47.5 Å². The van der Waals surface area contributed by atoms with Crippen molar-refractivity contribution in [2.24, 2.45) is 11.3 Å². The van der Waals surface area contributed by atoms with Gasteiger partial charge in [0.05, 0.1) is 0 Å². The maximum Gasteiger partial charge on any atom is 0.126 e. The van der Waals surface area contributed by atoms with Crippen molar-refractivity contribution in [3.63, 3.8) is 0 Å². The van der Waals surface area contributed by atoms with Gasteiger partial charge in [-0.05, 0) is 56.6 Å². The quantitative estimate of drug-likeness (QED) is 0.592. The highest BCUT2D eigenvalue weighted by molar-refractivity contribution is 9.09. The molecule has 1 aromatic carbocycles. The highest BCUT2D eigenvalue weighted by atomic mass is 79.9. The molecule has 1 heterocycles. The first-order chi connectivity index (χ1) is 9.24.